The van der Waals surface area contributed by atoms with Crippen LogP contribution in [0.4, 0.5) is 0 Å². The van der Waals surface area contributed by atoms with Gasteiger partial charge in [-0.2, -0.15) is 0 Å². The monoisotopic (exact) mass is 208 g/mol. The summed E-state index contributed by atoms with van der Waals surface area (Å²) < 4.78 is 0. The molecule has 0 aliphatic heterocycles. The van der Waals surface area contributed by atoms with Crippen molar-refractivity contribution >= 4 is 5.78 Å². The lowest BCUT2D eigenvalue weighted by Crippen LogP contribution is -2.09. The third-order valence-corrected chi connectivity index (χ3v) is 4.50. The fraction of sp³-hybridized carbons (Fsp3) is 0.929. The summed E-state index contributed by atoms with van der Waals surface area (Å²) in [6.07, 6.45) is 11.5. The molecular formula is C14H24O. The van der Waals surface area contributed by atoms with Crippen molar-refractivity contribution in [3.8, 4) is 0 Å². The number of hydrogen-bond donors (Lipinski definition) is 0. The lowest BCUT2D eigenvalue weighted by molar-refractivity contribution is -0.118. The highest BCUT2D eigenvalue weighted by Gasteiger charge is 2.41. The molecule has 2 aliphatic rings. The average Bonchev–Trinajstić information content (AvgIpc) is 2.73. The van der Waals surface area contributed by atoms with Crippen molar-refractivity contribution in [1.29, 1.82) is 0 Å². The largest absolute Gasteiger partial charge is 0.300 e. The molecule has 1 heteroatoms. The van der Waals surface area contributed by atoms with E-state index in [1.807, 2.05) is 0 Å². The maximum atomic E-state index is 11.4. The third kappa shape index (κ3) is 2.62. The molecule has 0 saturated heterocycles. The first-order valence-corrected chi connectivity index (χ1v) is 6.83. The van der Waals surface area contributed by atoms with Gasteiger partial charge in [0.15, 0.2) is 0 Å². The van der Waals surface area contributed by atoms with Gasteiger partial charge in [0.1, 0.15) is 5.78 Å². The van der Waals surface area contributed by atoms with Gasteiger partial charge in [-0.3, -0.25) is 4.79 Å². The van der Waals surface area contributed by atoms with Gasteiger partial charge in [-0.1, -0.05) is 39.0 Å². The maximum absolute atomic E-state index is 11.4. The molecule has 15 heavy (non-hydrogen) atoms. The topological polar surface area (TPSA) is 17.1 Å². The van der Waals surface area contributed by atoms with Gasteiger partial charge in [-0.25, -0.2) is 0 Å². The fourth-order valence-electron chi connectivity index (χ4n) is 3.66. The van der Waals surface area contributed by atoms with Crippen LogP contribution in [0, 0.1) is 17.8 Å². The van der Waals surface area contributed by atoms with Crippen molar-refractivity contribution in [2.45, 2.75) is 64.7 Å². The Morgan fingerprint density at radius 3 is 2.80 bits per heavy atom. The second kappa shape index (κ2) is 5.14. The molecule has 0 bridgehead atoms. The van der Waals surface area contributed by atoms with Crippen molar-refractivity contribution in [3.63, 3.8) is 0 Å². The minimum absolute atomic E-state index is 0.545. The lowest BCUT2D eigenvalue weighted by atomic mass is 9.88. The first-order chi connectivity index (χ1) is 7.31. The SMILES string of the molecule is CCCCCCC1CCC2CC(=O)CC12. The van der Waals surface area contributed by atoms with Gasteiger partial charge in [0.05, 0.1) is 0 Å². The predicted molar refractivity (Wildman–Crippen MR) is 62.7 cm³/mol. The quantitative estimate of drug-likeness (QED) is 0.625. The third-order valence-electron chi connectivity index (χ3n) is 4.50. The zero-order chi connectivity index (χ0) is 10.7. The molecule has 3 atom stereocenters. The van der Waals surface area contributed by atoms with E-state index in [1.165, 1.54) is 44.9 Å². The summed E-state index contributed by atoms with van der Waals surface area (Å²) in [5, 5.41) is 0. The van der Waals surface area contributed by atoms with E-state index in [1.54, 1.807) is 0 Å². The molecule has 0 heterocycles. The smallest absolute Gasteiger partial charge is 0.133 e. The summed E-state index contributed by atoms with van der Waals surface area (Å²) in [6.45, 7) is 2.27. The Bertz CT molecular complexity index is 221. The highest BCUT2D eigenvalue weighted by Crippen LogP contribution is 2.47. The van der Waals surface area contributed by atoms with Crippen molar-refractivity contribution < 1.29 is 4.79 Å². The Morgan fingerprint density at radius 1 is 1.13 bits per heavy atom. The van der Waals surface area contributed by atoms with Gasteiger partial charge in [0.25, 0.3) is 0 Å². The maximum Gasteiger partial charge on any atom is 0.133 e. The number of fused-ring (bicyclic) bond motifs is 1. The Balaban J connectivity index is 1.72. The van der Waals surface area contributed by atoms with Crippen molar-refractivity contribution in [3.05, 3.63) is 0 Å². The zero-order valence-corrected chi connectivity index (χ0v) is 10.0. The molecule has 0 radical (unpaired) electrons. The van der Waals surface area contributed by atoms with Gasteiger partial charge in [0, 0.05) is 12.8 Å². The summed E-state index contributed by atoms with van der Waals surface area (Å²) in [6, 6.07) is 0. The second-order valence-corrected chi connectivity index (χ2v) is 5.56. The van der Waals surface area contributed by atoms with Crippen molar-refractivity contribution in [2.24, 2.45) is 17.8 Å². The van der Waals surface area contributed by atoms with E-state index >= 15 is 0 Å². The van der Waals surface area contributed by atoms with E-state index in [4.69, 9.17) is 0 Å². The lowest BCUT2D eigenvalue weighted by Gasteiger charge is -2.17. The summed E-state index contributed by atoms with van der Waals surface area (Å²) in [5.41, 5.74) is 0. The molecule has 0 spiro atoms. The number of rotatable bonds is 5. The van der Waals surface area contributed by atoms with E-state index in [9.17, 15) is 4.79 Å². The van der Waals surface area contributed by atoms with Crippen LogP contribution in [-0.4, -0.2) is 5.78 Å². The van der Waals surface area contributed by atoms with Gasteiger partial charge >= 0.3 is 0 Å². The van der Waals surface area contributed by atoms with Crippen LogP contribution in [0.15, 0.2) is 0 Å². The van der Waals surface area contributed by atoms with Crippen LogP contribution in [-0.2, 0) is 4.79 Å². The number of hydrogen-bond acceptors (Lipinski definition) is 1. The Kier molecular flexibility index (Phi) is 3.82. The number of carbonyl (C=O) groups is 1. The first kappa shape index (κ1) is 11.2. The summed E-state index contributed by atoms with van der Waals surface area (Å²) >= 11 is 0. The van der Waals surface area contributed by atoms with Crippen LogP contribution in [0.1, 0.15) is 64.7 Å². The van der Waals surface area contributed by atoms with Crippen LogP contribution >= 0.6 is 0 Å². The molecule has 0 aromatic heterocycles. The van der Waals surface area contributed by atoms with E-state index in [2.05, 4.69) is 6.92 Å². The molecule has 2 rings (SSSR count). The van der Waals surface area contributed by atoms with E-state index in [0.29, 0.717) is 5.78 Å². The molecule has 0 N–H and O–H groups in total. The molecule has 1 nitrogen and oxygen atoms in total. The molecule has 2 saturated carbocycles. The fourth-order valence-corrected chi connectivity index (χ4v) is 3.66. The zero-order valence-electron chi connectivity index (χ0n) is 10.0. The van der Waals surface area contributed by atoms with E-state index < -0.39 is 0 Å². The van der Waals surface area contributed by atoms with Crippen LogP contribution in [0.25, 0.3) is 0 Å². The average molecular weight is 208 g/mol. The first-order valence-electron chi connectivity index (χ1n) is 6.83. The normalized spacial score (nSPS) is 34.7. The second-order valence-electron chi connectivity index (χ2n) is 5.56. The van der Waals surface area contributed by atoms with Crippen LogP contribution in [0.3, 0.4) is 0 Å². The summed E-state index contributed by atoms with van der Waals surface area (Å²) in [4.78, 5) is 11.4. The Hall–Kier alpha value is -0.330. The number of unbranched alkanes of at least 4 members (excludes halogenated alkanes) is 3. The van der Waals surface area contributed by atoms with Crippen molar-refractivity contribution in [2.75, 3.05) is 0 Å². The van der Waals surface area contributed by atoms with Crippen molar-refractivity contribution in [1.82, 2.24) is 0 Å². The molecule has 0 aromatic rings. The van der Waals surface area contributed by atoms with Crippen LogP contribution in [0.5, 0.6) is 0 Å². The predicted octanol–water partition coefficient (Wildman–Crippen LogP) is 3.96. The number of Topliss-reactive ketones (excluding diaryl/α,β-unsaturated/α-hetero) is 1. The molecular weight excluding hydrogens is 184 g/mol. The molecule has 86 valence electrons. The summed E-state index contributed by atoms with van der Waals surface area (Å²) in [5.74, 6) is 3.02. The molecule has 2 aliphatic carbocycles. The number of carbonyl (C=O) groups excluding carboxylic acids is 1. The van der Waals surface area contributed by atoms with Gasteiger partial charge in [0.2, 0.25) is 0 Å². The highest BCUT2D eigenvalue weighted by molar-refractivity contribution is 5.81. The molecule has 0 aromatic carbocycles. The minimum Gasteiger partial charge on any atom is -0.300 e. The molecule has 2 fully saturated rings. The van der Waals surface area contributed by atoms with Gasteiger partial charge in [-0.15, -0.1) is 0 Å². The summed E-state index contributed by atoms with van der Waals surface area (Å²) in [7, 11) is 0. The number of ketones is 1. The van der Waals surface area contributed by atoms with Crippen LogP contribution < -0.4 is 0 Å². The van der Waals surface area contributed by atoms with E-state index in [0.717, 1.165) is 30.6 Å². The van der Waals surface area contributed by atoms with Gasteiger partial charge in [-0.05, 0) is 30.6 Å². The standard InChI is InChI=1S/C14H24O/c1-2-3-4-5-6-11-7-8-12-9-13(15)10-14(11)12/h11-12,14H,2-10H2,1H3. The Labute approximate surface area is 93.6 Å². The van der Waals surface area contributed by atoms with Crippen LogP contribution in [0.2, 0.25) is 0 Å². The minimum atomic E-state index is 0.545. The van der Waals surface area contributed by atoms with E-state index in [-0.39, 0.29) is 0 Å². The Morgan fingerprint density at radius 2 is 2.00 bits per heavy atom. The van der Waals surface area contributed by atoms with Gasteiger partial charge < -0.3 is 0 Å². The molecule has 3 unspecified atom stereocenters. The highest BCUT2D eigenvalue weighted by atomic mass is 16.1. The molecule has 0 amide bonds.